The van der Waals surface area contributed by atoms with Crippen molar-refractivity contribution in [3.8, 4) is 0 Å². The highest BCUT2D eigenvalue weighted by atomic mass is 16.5. The molecule has 0 bridgehead atoms. The summed E-state index contributed by atoms with van der Waals surface area (Å²) < 4.78 is 5.69. The molecule has 0 aromatic carbocycles. The van der Waals surface area contributed by atoms with Crippen LogP contribution in [0.3, 0.4) is 0 Å². The molecule has 0 spiro atoms. The van der Waals surface area contributed by atoms with Gasteiger partial charge in [-0.25, -0.2) is 0 Å². The largest absolute Gasteiger partial charge is 0.380 e. The predicted octanol–water partition coefficient (Wildman–Crippen LogP) is 2.88. The third kappa shape index (κ3) is 4.28. The number of carbonyl (C=O) groups excluding carboxylic acids is 1. The summed E-state index contributed by atoms with van der Waals surface area (Å²) in [5, 5.41) is 0. The van der Waals surface area contributed by atoms with E-state index in [0.717, 1.165) is 45.6 Å². The quantitative estimate of drug-likeness (QED) is 0.693. The Morgan fingerprint density at radius 1 is 1.26 bits per heavy atom. The number of carbonyl (C=O) groups is 1. The van der Waals surface area contributed by atoms with Gasteiger partial charge in [-0.2, -0.15) is 0 Å². The standard InChI is InChI=1S/C16H29NO2/c1-13(2)12-19-11-10-17-9-5-7-15(17)14-6-3-4-8-16(14)18/h13-15H,3-12H2,1-2H3. The van der Waals surface area contributed by atoms with Gasteiger partial charge in [0.2, 0.25) is 0 Å². The zero-order chi connectivity index (χ0) is 13.7. The summed E-state index contributed by atoms with van der Waals surface area (Å²) in [6.45, 7) is 8.18. The molecule has 2 aliphatic rings. The number of Topliss-reactive ketones (excluding diaryl/α,β-unsaturated/α-hetero) is 1. The van der Waals surface area contributed by atoms with Crippen LogP contribution in [0.25, 0.3) is 0 Å². The van der Waals surface area contributed by atoms with Crippen molar-refractivity contribution < 1.29 is 9.53 Å². The van der Waals surface area contributed by atoms with E-state index in [1.165, 1.54) is 19.3 Å². The van der Waals surface area contributed by atoms with Gasteiger partial charge < -0.3 is 4.74 Å². The van der Waals surface area contributed by atoms with E-state index in [2.05, 4.69) is 18.7 Å². The molecule has 2 fully saturated rings. The first-order valence-electron chi connectivity index (χ1n) is 8.03. The van der Waals surface area contributed by atoms with Crippen molar-refractivity contribution in [2.24, 2.45) is 11.8 Å². The molecular formula is C16H29NO2. The minimum absolute atomic E-state index is 0.321. The second-order valence-electron chi connectivity index (χ2n) is 6.53. The number of hydrogen-bond donors (Lipinski definition) is 0. The van der Waals surface area contributed by atoms with Crippen LogP contribution in [0.15, 0.2) is 0 Å². The van der Waals surface area contributed by atoms with Crippen LogP contribution in [0.5, 0.6) is 0 Å². The molecule has 0 amide bonds. The van der Waals surface area contributed by atoms with Crippen molar-refractivity contribution in [2.75, 3.05) is 26.3 Å². The number of nitrogens with zero attached hydrogens (tertiary/aromatic N) is 1. The minimum Gasteiger partial charge on any atom is -0.380 e. The van der Waals surface area contributed by atoms with E-state index in [0.29, 0.717) is 23.7 Å². The summed E-state index contributed by atoms with van der Waals surface area (Å²) in [5.41, 5.74) is 0. The highest BCUT2D eigenvalue weighted by molar-refractivity contribution is 5.82. The maximum Gasteiger partial charge on any atom is 0.137 e. The van der Waals surface area contributed by atoms with E-state index in [9.17, 15) is 4.79 Å². The van der Waals surface area contributed by atoms with Crippen molar-refractivity contribution in [1.82, 2.24) is 4.90 Å². The molecule has 2 atom stereocenters. The Kier molecular flexibility index (Phi) is 5.83. The number of hydrogen-bond acceptors (Lipinski definition) is 3. The first kappa shape index (κ1) is 15.0. The second-order valence-corrected chi connectivity index (χ2v) is 6.53. The van der Waals surface area contributed by atoms with Crippen LogP contribution in [0.1, 0.15) is 52.4 Å². The van der Waals surface area contributed by atoms with Crippen molar-refractivity contribution in [1.29, 1.82) is 0 Å². The molecule has 1 saturated heterocycles. The molecule has 3 heteroatoms. The van der Waals surface area contributed by atoms with Gasteiger partial charge in [-0.3, -0.25) is 9.69 Å². The van der Waals surface area contributed by atoms with Crippen molar-refractivity contribution in [3.63, 3.8) is 0 Å². The van der Waals surface area contributed by atoms with Crippen molar-refractivity contribution in [3.05, 3.63) is 0 Å². The number of rotatable bonds is 6. The van der Waals surface area contributed by atoms with Crippen LogP contribution in [-0.4, -0.2) is 43.0 Å². The second kappa shape index (κ2) is 7.39. The number of likely N-dealkylation sites (tertiary alicyclic amines) is 1. The maximum absolute atomic E-state index is 12.1. The van der Waals surface area contributed by atoms with Gasteiger partial charge in [0.05, 0.1) is 6.61 Å². The smallest absolute Gasteiger partial charge is 0.137 e. The Bertz CT molecular complexity index is 290. The van der Waals surface area contributed by atoms with Crippen LogP contribution in [0, 0.1) is 11.8 Å². The molecule has 2 rings (SSSR count). The summed E-state index contributed by atoms with van der Waals surface area (Å²) in [5.74, 6) is 1.45. The van der Waals surface area contributed by atoms with E-state index in [4.69, 9.17) is 4.74 Å². The normalized spacial score (nSPS) is 29.3. The molecule has 0 N–H and O–H groups in total. The minimum atomic E-state index is 0.321. The molecule has 0 aromatic rings. The molecule has 0 aromatic heterocycles. The van der Waals surface area contributed by atoms with Gasteiger partial charge in [0.25, 0.3) is 0 Å². The fourth-order valence-electron chi connectivity index (χ4n) is 3.50. The first-order valence-corrected chi connectivity index (χ1v) is 8.03. The van der Waals surface area contributed by atoms with Crippen LogP contribution in [-0.2, 0) is 9.53 Å². The van der Waals surface area contributed by atoms with Gasteiger partial charge in [-0.05, 0) is 38.1 Å². The highest BCUT2D eigenvalue weighted by Crippen LogP contribution is 2.32. The molecule has 1 aliphatic carbocycles. The topological polar surface area (TPSA) is 29.5 Å². The van der Waals surface area contributed by atoms with E-state index >= 15 is 0 Å². The third-order valence-corrected chi connectivity index (χ3v) is 4.45. The van der Waals surface area contributed by atoms with E-state index in [-0.39, 0.29) is 0 Å². The third-order valence-electron chi connectivity index (χ3n) is 4.45. The molecule has 110 valence electrons. The summed E-state index contributed by atoms with van der Waals surface area (Å²) in [6.07, 6.45) is 6.75. The van der Waals surface area contributed by atoms with Gasteiger partial charge in [0.15, 0.2) is 0 Å². The van der Waals surface area contributed by atoms with Gasteiger partial charge in [0.1, 0.15) is 5.78 Å². The zero-order valence-corrected chi connectivity index (χ0v) is 12.6. The Hall–Kier alpha value is -0.410. The van der Waals surface area contributed by atoms with Gasteiger partial charge >= 0.3 is 0 Å². The lowest BCUT2D eigenvalue weighted by atomic mass is 9.82. The van der Waals surface area contributed by atoms with Crippen LogP contribution >= 0.6 is 0 Å². The van der Waals surface area contributed by atoms with Gasteiger partial charge in [-0.1, -0.05) is 20.3 Å². The summed E-state index contributed by atoms with van der Waals surface area (Å²) in [4.78, 5) is 14.6. The predicted molar refractivity (Wildman–Crippen MR) is 77.2 cm³/mol. The fourth-order valence-corrected chi connectivity index (χ4v) is 3.50. The van der Waals surface area contributed by atoms with E-state index in [1.807, 2.05) is 0 Å². The number of ether oxygens (including phenoxy) is 1. The summed E-state index contributed by atoms with van der Waals surface area (Å²) in [7, 11) is 0. The lowest BCUT2D eigenvalue weighted by molar-refractivity contribution is -0.126. The fraction of sp³-hybridized carbons (Fsp3) is 0.938. The van der Waals surface area contributed by atoms with Crippen LogP contribution in [0.2, 0.25) is 0 Å². The maximum atomic E-state index is 12.1. The van der Waals surface area contributed by atoms with E-state index in [1.54, 1.807) is 0 Å². The molecule has 0 radical (unpaired) electrons. The zero-order valence-electron chi connectivity index (χ0n) is 12.6. The van der Waals surface area contributed by atoms with Crippen LogP contribution < -0.4 is 0 Å². The average molecular weight is 267 g/mol. The SMILES string of the molecule is CC(C)COCCN1CCCC1C1CCCCC1=O. The lowest BCUT2D eigenvalue weighted by Crippen LogP contribution is -2.42. The Morgan fingerprint density at radius 3 is 2.84 bits per heavy atom. The monoisotopic (exact) mass is 267 g/mol. The lowest BCUT2D eigenvalue weighted by Gasteiger charge is -2.33. The molecule has 3 nitrogen and oxygen atoms in total. The molecule has 1 saturated carbocycles. The Morgan fingerprint density at radius 2 is 2.11 bits per heavy atom. The molecular weight excluding hydrogens is 238 g/mol. The highest BCUT2D eigenvalue weighted by Gasteiger charge is 2.36. The van der Waals surface area contributed by atoms with Crippen molar-refractivity contribution >= 4 is 5.78 Å². The molecule has 1 heterocycles. The average Bonchev–Trinajstić information content (AvgIpc) is 2.83. The molecule has 19 heavy (non-hydrogen) atoms. The van der Waals surface area contributed by atoms with E-state index < -0.39 is 0 Å². The Labute approximate surface area is 117 Å². The van der Waals surface area contributed by atoms with Crippen LogP contribution in [0.4, 0.5) is 0 Å². The Balaban J connectivity index is 1.77. The van der Waals surface area contributed by atoms with Gasteiger partial charge in [-0.15, -0.1) is 0 Å². The van der Waals surface area contributed by atoms with Crippen molar-refractivity contribution in [2.45, 2.75) is 58.4 Å². The molecule has 2 unspecified atom stereocenters. The molecule has 1 aliphatic heterocycles. The number of ketones is 1. The summed E-state index contributed by atoms with van der Waals surface area (Å²) in [6, 6.07) is 0.510. The summed E-state index contributed by atoms with van der Waals surface area (Å²) >= 11 is 0. The first-order chi connectivity index (χ1) is 9.18. The van der Waals surface area contributed by atoms with Gasteiger partial charge in [0, 0.05) is 31.5 Å².